The Morgan fingerprint density at radius 1 is 1.23 bits per heavy atom. The third-order valence-corrected chi connectivity index (χ3v) is 5.00. The Hall–Kier alpha value is 0.230. The van der Waals surface area contributed by atoms with Crippen molar-refractivity contribution in [2.24, 2.45) is 0 Å². The Balaban J connectivity index is 1.95. The van der Waals surface area contributed by atoms with Gasteiger partial charge < -0.3 is 0 Å². The predicted molar refractivity (Wildman–Crippen MR) is 57.7 cm³/mol. The van der Waals surface area contributed by atoms with Crippen molar-refractivity contribution in [3.63, 3.8) is 0 Å². The van der Waals surface area contributed by atoms with E-state index in [0.717, 1.165) is 0 Å². The summed E-state index contributed by atoms with van der Waals surface area (Å²) in [5, 5.41) is 2.32. The highest BCUT2D eigenvalue weighted by Gasteiger charge is 2.41. The van der Waals surface area contributed by atoms with Gasteiger partial charge in [-0.05, 0) is 26.9 Å². The van der Waals surface area contributed by atoms with Gasteiger partial charge in [0.25, 0.3) is 0 Å². The van der Waals surface area contributed by atoms with Gasteiger partial charge in [0.15, 0.2) is 0 Å². The molecule has 13 heavy (non-hydrogen) atoms. The van der Waals surface area contributed by atoms with Crippen LogP contribution in [-0.4, -0.2) is 54.3 Å². The van der Waals surface area contributed by atoms with Gasteiger partial charge >= 0.3 is 0 Å². The smallest absolute Gasteiger partial charge is 0.0693 e. The molecule has 0 aliphatic carbocycles. The molecule has 0 amide bonds. The minimum absolute atomic E-state index is 0.480. The van der Waals surface area contributed by atoms with Gasteiger partial charge in [-0.1, -0.05) is 0 Å². The molecule has 0 saturated carbocycles. The van der Waals surface area contributed by atoms with Gasteiger partial charge in [-0.25, -0.2) is 5.01 Å². The highest BCUT2D eigenvalue weighted by molar-refractivity contribution is 8.00. The lowest BCUT2D eigenvalue weighted by Gasteiger charge is -2.42. The highest BCUT2D eigenvalue weighted by atomic mass is 32.2. The molecule has 0 bridgehead atoms. The van der Waals surface area contributed by atoms with Crippen LogP contribution in [0.25, 0.3) is 0 Å². The average molecular weight is 201 g/mol. The second-order valence-electron chi connectivity index (χ2n) is 3.93. The molecule has 2 fully saturated rings. The number of nitrogens with one attached hydrogen (secondary N) is 1. The summed E-state index contributed by atoms with van der Waals surface area (Å²) in [6.45, 7) is 3.64. The van der Waals surface area contributed by atoms with Crippen LogP contribution in [0.1, 0.15) is 12.8 Å². The maximum absolute atomic E-state index is 3.23. The summed E-state index contributed by atoms with van der Waals surface area (Å²) in [7, 11) is 4.29. The zero-order chi connectivity index (χ0) is 9.31. The lowest BCUT2D eigenvalue weighted by atomic mass is 10.0. The van der Waals surface area contributed by atoms with Crippen LogP contribution in [-0.2, 0) is 0 Å². The van der Waals surface area contributed by atoms with E-state index in [4.69, 9.17) is 0 Å². The van der Waals surface area contributed by atoms with Crippen molar-refractivity contribution in [1.29, 1.82) is 0 Å². The van der Waals surface area contributed by atoms with Crippen molar-refractivity contribution in [2.45, 2.75) is 17.7 Å². The SMILES string of the molecule is CNN1CCC2(CC1)SCCN2C. The first-order chi connectivity index (χ1) is 6.27. The van der Waals surface area contributed by atoms with E-state index in [-0.39, 0.29) is 0 Å². The Morgan fingerprint density at radius 2 is 1.92 bits per heavy atom. The standard InChI is InChI=1S/C9H19N3S/c1-10-12-5-3-9(4-6-12)11(2)7-8-13-9/h10H,3-8H2,1-2H3. The number of thioether (sulfide) groups is 1. The number of hydrazine groups is 1. The lowest BCUT2D eigenvalue weighted by Crippen LogP contribution is -2.51. The van der Waals surface area contributed by atoms with E-state index in [1.54, 1.807) is 0 Å². The molecule has 0 aromatic rings. The van der Waals surface area contributed by atoms with Gasteiger partial charge in [-0.15, -0.1) is 11.8 Å². The van der Waals surface area contributed by atoms with Crippen LogP contribution in [0.5, 0.6) is 0 Å². The van der Waals surface area contributed by atoms with Crippen LogP contribution in [0.3, 0.4) is 0 Å². The molecule has 2 heterocycles. The molecule has 2 saturated heterocycles. The number of rotatable bonds is 1. The van der Waals surface area contributed by atoms with Crippen LogP contribution >= 0.6 is 11.8 Å². The lowest BCUT2D eigenvalue weighted by molar-refractivity contribution is 0.0910. The minimum Gasteiger partial charge on any atom is -0.291 e. The molecule has 1 spiro atoms. The molecule has 0 aromatic carbocycles. The summed E-state index contributed by atoms with van der Waals surface area (Å²) < 4.78 is 0. The maximum Gasteiger partial charge on any atom is 0.0693 e. The van der Waals surface area contributed by atoms with E-state index in [1.165, 1.54) is 38.2 Å². The van der Waals surface area contributed by atoms with Crippen molar-refractivity contribution in [2.75, 3.05) is 39.5 Å². The van der Waals surface area contributed by atoms with Crippen LogP contribution in [0.2, 0.25) is 0 Å². The van der Waals surface area contributed by atoms with Gasteiger partial charge in [-0.2, -0.15) is 0 Å². The fraction of sp³-hybridized carbons (Fsp3) is 1.00. The van der Waals surface area contributed by atoms with E-state index in [1.807, 2.05) is 7.05 Å². The summed E-state index contributed by atoms with van der Waals surface area (Å²) in [6.07, 6.45) is 2.60. The van der Waals surface area contributed by atoms with E-state index in [2.05, 4.69) is 34.1 Å². The molecule has 2 rings (SSSR count). The Labute approximate surface area is 84.8 Å². The van der Waals surface area contributed by atoms with Crippen LogP contribution in [0.15, 0.2) is 0 Å². The molecule has 3 nitrogen and oxygen atoms in total. The average Bonchev–Trinajstić information content (AvgIpc) is 2.50. The fourth-order valence-corrected chi connectivity index (χ4v) is 3.82. The second-order valence-corrected chi connectivity index (χ2v) is 5.38. The van der Waals surface area contributed by atoms with E-state index in [9.17, 15) is 0 Å². The van der Waals surface area contributed by atoms with Crippen molar-refractivity contribution >= 4 is 11.8 Å². The number of nitrogens with zero attached hydrogens (tertiary/aromatic N) is 2. The van der Waals surface area contributed by atoms with Gasteiger partial charge in [0, 0.05) is 25.4 Å². The predicted octanol–water partition coefficient (Wildman–Crippen LogP) is 0.592. The molecule has 0 aromatic heterocycles. The molecule has 0 radical (unpaired) electrons. The van der Waals surface area contributed by atoms with Crippen LogP contribution < -0.4 is 5.43 Å². The fourth-order valence-electron chi connectivity index (χ4n) is 2.29. The molecule has 4 heteroatoms. The third-order valence-electron chi connectivity index (χ3n) is 3.35. The zero-order valence-electron chi connectivity index (χ0n) is 8.55. The highest BCUT2D eigenvalue weighted by Crippen LogP contribution is 2.42. The topological polar surface area (TPSA) is 18.5 Å². The summed E-state index contributed by atoms with van der Waals surface area (Å²) >= 11 is 2.16. The van der Waals surface area contributed by atoms with Gasteiger partial charge in [0.2, 0.25) is 0 Å². The van der Waals surface area contributed by atoms with E-state index >= 15 is 0 Å². The van der Waals surface area contributed by atoms with Crippen molar-refractivity contribution in [3.05, 3.63) is 0 Å². The summed E-state index contributed by atoms with van der Waals surface area (Å²) in [5.41, 5.74) is 3.23. The first-order valence-electron chi connectivity index (χ1n) is 5.04. The molecule has 2 aliphatic rings. The second kappa shape index (κ2) is 3.77. The van der Waals surface area contributed by atoms with E-state index < -0.39 is 0 Å². The first-order valence-corrected chi connectivity index (χ1v) is 6.03. The number of hydrogen-bond acceptors (Lipinski definition) is 4. The monoisotopic (exact) mass is 201 g/mol. The van der Waals surface area contributed by atoms with Gasteiger partial charge in [0.1, 0.15) is 0 Å². The summed E-state index contributed by atoms with van der Waals surface area (Å²) in [4.78, 5) is 3.03. The molecule has 0 unspecified atom stereocenters. The third kappa shape index (κ3) is 1.73. The maximum atomic E-state index is 3.23. The molecule has 2 aliphatic heterocycles. The Kier molecular flexibility index (Phi) is 2.83. The normalized spacial score (nSPS) is 30.0. The molecule has 0 atom stereocenters. The largest absolute Gasteiger partial charge is 0.291 e. The van der Waals surface area contributed by atoms with Crippen molar-refractivity contribution in [3.8, 4) is 0 Å². The number of piperidine rings is 1. The molecular weight excluding hydrogens is 182 g/mol. The minimum atomic E-state index is 0.480. The Bertz CT molecular complexity index is 178. The molecular formula is C9H19N3S. The quantitative estimate of drug-likeness (QED) is 0.669. The molecule has 1 N–H and O–H groups in total. The van der Waals surface area contributed by atoms with Crippen molar-refractivity contribution < 1.29 is 0 Å². The summed E-state index contributed by atoms with van der Waals surface area (Å²) in [5.74, 6) is 1.32. The van der Waals surface area contributed by atoms with E-state index in [0.29, 0.717) is 4.87 Å². The van der Waals surface area contributed by atoms with Gasteiger partial charge in [-0.3, -0.25) is 10.3 Å². The molecule has 76 valence electrons. The number of hydrogen-bond donors (Lipinski definition) is 1. The van der Waals surface area contributed by atoms with Gasteiger partial charge in [0.05, 0.1) is 4.87 Å². The van der Waals surface area contributed by atoms with Crippen LogP contribution in [0.4, 0.5) is 0 Å². The summed E-state index contributed by atoms with van der Waals surface area (Å²) in [6, 6.07) is 0. The van der Waals surface area contributed by atoms with Crippen molar-refractivity contribution in [1.82, 2.24) is 15.3 Å². The zero-order valence-corrected chi connectivity index (χ0v) is 9.36. The first kappa shape index (κ1) is 9.77. The Morgan fingerprint density at radius 3 is 2.38 bits per heavy atom. The van der Waals surface area contributed by atoms with Crippen LogP contribution in [0, 0.1) is 0 Å².